The first-order valence-electron chi connectivity index (χ1n) is 5.85. The van der Waals surface area contributed by atoms with Gasteiger partial charge in [0.2, 0.25) is 0 Å². The molecule has 0 bridgehead atoms. The summed E-state index contributed by atoms with van der Waals surface area (Å²) in [6, 6.07) is 5.08. The van der Waals surface area contributed by atoms with Crippen LogP contribution in [0.25, 0.3) is 5.69 Å². The number of H-pyrrole nitrogens is 1. The molecule has 0 saturated carbocycles. The first-order chi connectivity index (χ1) is 8.90. The van der Waals surface area contributed by atoms with Gasteiger partial charge < -0.3 is 0 Å². The van der Waals surface area contributed by atoms with E-state index in [1.165, 1.54) is 4.68 Å². The second kappa shape index (κ2) is 5.73. The van der Waals surface area contributed by atoms with E-state index in [0.717, 1.165) is 12.1 Å². The third-order valence-corrected chi connectivity index (χ3v) is 4.23. The normalized spacial score (nSPS) is 11.3. The number of halogens is 3. The predicted octanol–water partition coefficient (Wildman–Crippen LogP) is 4.43. The Bertz CT molecular complexity index is 661. The predicted molar refractivity (Wildman–Crippen MR) is 82.7 cm³/mol. The fourth-order valence-electron chi connectivity index (χ4n) is 1.81. The van der Waals surface area contributed by atoms with Crippen LogP contribution < -0.4 is 5.56 Å². The Labute approximate surface area is 129 Å². The molecule has 0 aliphatic heterocycles. The number of nitrogens with zero attached hydrogens (tertiary/aromatic N) is 1. The minimum Gasteiger partial charge on any atom is -0.294 e. The van der Waals surface area contributed by atoms with Gasteiger partial charge in [-0.15, -0.1) is 0 Å². The highest BCUT2D eigenvalue weighted by atomic mass is 79.9. The maximum atomic E-state index is 12.2. The van der Waals surface area contributed by atoms with E-state index in [2.05, 4.69) is 34.9 Å². The summed E-state index contributed by atoms with van der Waals surface area (Å²) in [6.07, 6.45) is 0.796. The Balaban J connectivity index is 2.51. The zero-order valence-corrected chi connectivity index (χ0v) is 13.6. The molecule has 2 rings (SSSR count). The molecule has 0 aliphatic carbocycles. The Morgan fingerprint density at radius 3 is 2.58 bits per heavy atom. The van der Waals surface area contributed by atoms with Crippen LogP contribution in [0.2, 0.25) is 10.0 Å². The van der Waals surface area contributed by atoms with Crippen LogP contribution in [0, 0.1) is 5.92 Å². The van der Waals surface area contributed by atoms with Crippen LogP contribution in [-0.2, 0) is 6.42 Å². The molecule has 1 aromatic heterocycles. The molecule has 1 N–H and O–H groups in total. The summed E-state index contributed by atoms with van der Waals surface area (Å²) in [4.78, 5) is 12.2. The standard InChI is InChI=1S/C13H13BrCl2N2O/c1-7(2)5-11-12(14)13(19)18(17-11)8-3-4-9(15)10(16)6-8/h3-4,6-7,17H,5H2,1-2H3. The molecular weight excluding hydrogens is 351 g/mol. The zero-order chi connectivity index (χ0) is 14.2. The third-order valence-electron chi connectivity index (χ3n) is 2.68. The Kier molecular flexibility index (Phi) is 4.43. The Hall–Kier alpha value is -0.710. The van der Waals surface area contributed by atoms with Crippen molar-refractivity contribution < 1.29 is 0 Å². The highest BCUT2D eigenvalue weighted by Crippen LogP contribution is 2.24. The van der Waals surface area contributed by atoms with Gasteiger partial charge in [0.25, 0.3) is 5.56 Å². The molecule has 1 heterocycles. The molecule has 19 heavy (non-hydrogen) atoms. The molecule has 2 aromatic rings. The van der Waals surface area contributed by atoms with Gasteiger partial charge in [0.15, 0.2) is 0 Å². The topological polar surface area (TPSA) is 37.8 Å². The maximum Gasteiger partial charge on any atom is 0.285 e. The average molecular weight is 364 g/mol. The summed E-state index contributed by atoms with van der Waals surface area (Å²) in [5.74, 6) is 0.455. The minimum atomic E-state index is -0.131. The van der Waals surface area contributed by atoms with Gasteiger partial charge >= 0.3 is 0 Å². The van der Waals surface area contributed by atoms with E-state index in [0.29, 0.717) is 26.1 Å². The van der Waals surface area contributed by atoms with Crippen molar-refractivity contribution >= 4 is 39.1 Å². The van der Waals surface area contributed by atoms with E-state index in [1.807, 2.05) is 0 Å². The van der Waals surface area contributed by atoms with Crippen LogP contribution in [0.5, 0.6) is 0 Å². The molecule has 102 valence electrons. The van der Waals surface area contributed by atoms with Crippen molar-refractivity contribution in [3.8, 4) is 5.69 Å². The van der Waals surface area contributed by atoms with Crippen LogP contribution in [-0.4, -0.2) is 9.78 Å². The van der Waals surface area contributed by atoms with Gasteiger partial charge in [-0.25, -0.2) is 4.68 Å². The summed E-state index contributed by atoms with van der Waals surface area (Å²) in [5.41, 5.74) is 1.41. The van der Waals surface area contributed by atoms with E-state index < -0.39 is 0 Å². The summed E-state index contributed by atoms with van der Waals surface area (Å²) >= 11 is 15.2. The molecular formula is C13H13BrCl2N2O. The van der Waals surface area contributed by atoms with Gasteiger partial charge in [-0.1, -0.05) is 37.0 Å². The van der Waals surface area contributed by atoms with Crippen molar-refractivity contribution in [1.29, 1.82) is 0 Å². The average Bonchev–Trinajstić information content (AvgIpc) is 2.60. The largest absolute Gasteiger partial charge is 0.294 e. The molecule has 0 radical (unpaired) electrons. The lowest BCUT2D eigenvalue weighted by Crippen LogP contribution is -2.14. The number of aromatic nitrogens is 2. The van der Waals surface area contributed by atoms with Gasteiger partial charge in [-0.3, -0.25) is 9.89 Å². The van der Waals surface area contributed by atoms with Crippen LogP contribution in [0.1, 0.15) is 19.5 Å². The van der Waals surface area contributed by atoms with Crippen LogP contribution in [0.3, 0.4) is 0 Å². The number of hydrogen-bond acceptors (Lipinski definition) is 1. The number of aromatic amines is 1. The second-order valence-corrected chi connectivity index (χ2v) is 6.35. The fraction of sp³-hybridized carbons (Fsp3) is 0.308. The van der Waals surface area contributed by atoms with Crippen LogP contribution in [0.15, 0.2) is 27.5 Å². The molecule has 3 nitrogen and oxygen atoms in total. The highest BCUT2D eigenvalue weighted by Gasteiger charge is 2.14. The first-order valence-corrected chi connectivity index (χ1v) is 7.40. The molecule has 6 heteroatoms. The molecule has 0 amide bonds. The summed E-state index contributed by atoms with van der Waals surface area (Å²) in [7, 11) is 0. The summed E-state index contributed by atoms with van der Waals surface area (Å²) in [6.45, 7) is 4.20. The second-order valence-electron chi connectivity index (χ2n) is 4.74. The Morgan fingerprint density at radius 2 is 2.00 bits per heavy atom. The third kappa shape index (κ3) is 3.07. The highest BCUT2D eigenvalue weighted by molar-refractivity contribution is 9.10. The van der Waals surface area contributed by atoms with Crippen molar-refractivity contribution in [2.24, 2.45) is 5.92 Å². The lowest BCUT2D eigenvalue weighted by molar-refractivity contribution is 0.626. The van der Waals surface area contributed by atoms with Gasteiger partial charge in [-0.05, 0) is 46.5 Å². The van der Waals surface area contributed by atoms with E-state index in [1.54, 1.807) is 18.2 Å². The van der Waals surface area contributed by atoms with E-state index in [-0.39, 0.29) is 5.56 Å². The summed E-state index contributed by atoms with van der Waals surface area (Å²) in [5, 5.41) is 3.98. The van der Waals surface area contributed by atoms with Gasteiger partial charge in [0.05, 0.1) is 21.4 Å². The lowest BCUT2D eigenvalue weighted by atomic mass is 10.1. The number of nitrogens with one attached hydrogen (secondary N) is 1. The summed E-state index contributed by atoms with van der Waals surface area (Å²) < 4.78 is 2.02. The monoisotopic (exact) mass is 362 g/mol. The molecule has 0 saturated heterocycles. The van der Waals surface area contributed by atoms with E-state index in [9.17, 15) is 4.79 Å². The Morgan fingerprint density at radius 1 is 1.32 bits per heavy atom. The van der Waals surface area contributed by atoms with E-state index in [4.69, 9.17) is 23.2 Å². The zero-order valence-electron chi connectivity index (χ0n) is 10.5. The maximum absolute atomic E-state index is 12.2. The van der Waals surface area contributed by atoms with Crippen molar-refractivity contribution in [3.05, 3.63) is 48.8 Å². The van der Waals surface area contributed by atoms with Gasteiger partial charge in [0.1, 0.15) is 4.47 Å². The molecule has 0 unspecified atom stereocenters. The molecule has 1 aromatic carbocycles. The molecule has 0 atom stereocenters. The van der Waals surface area contributed by atoms with Gasteiger partial charge in [0, 0.05) is 0 Å². The van der Waals surface area contributed by atoms with Crippen molar-refractivity contribution in [1.82, 2.24) is 9.78 Å². The SMILES string of the molecule is CC(C)Cc1[nH]n(-c2ccc(Cl)c(Cl)c2)c(=O)c1Br. The number of benzene rings is 1. The fourth-order valence-corrected chi connectivity index (χ4v) is 2.53. The molecule has 0 spiro atoms. The van der Waals surface area contributed by atoms with Gasteiger partial charge in [-0.2, -0.15) is 0 Å². The van der Waals surface area contributed by atoms with E-state index >= 15 is 0 Å². The lowest BCUT2D eigenvalue weighted by Gasteiger charge is -2.04. The quantitative estimate of drug-likeness (QED) is 0.860. The van der Waals surface area contributed by atoms with Crippen molar-refractivity contribution in [2.75, 3.05) is 0 Å². The number of hydrogen-bond donors (Lipinski definition) is 1. The smallest absolute Gasteiger partial charge is 0.285 e. The van der Waals surface area contributed by atoms with Crippen LogP contribution >= 0.6 is 39.1 Å². The minimum absolute atomic E-state index is 0.131. The molecule has 0 fully saturated rings. The van der Waals surface area contributed by atoms with Crippen molar-refractivity contribution in [2.45, 2.75) is 20.3 Å². The molecule has 0 aliphatic rings. The number of rotatable bonds is 3. The van der Waals surface area contributed by atoms with Crippen LogP contribution in [0.4, 0.5) is 0 Å². The first kappa shape index (κ1) is 14.7. The van der Waals surface area contributed by atoms with Crippen molar-refractivity contribution in [3.63, 3.8) is 0 Å².